The quantitative estimate of drug-likeness (QED) is 0.710. The fourth-order valence-electron chi connectivity index (χ4n) is 3.90. The number of hydrogen-bond acceptors (Lipinski definition) is 4. The van der Waals surface area contributed by atoms with Gasteiger partial charge < -0.3 is 14.2 Å². The molecule has 1 aliphatic rings. The highest BCUT2D eigenvalue weighted by Crippen LogP contribution is 2.43. The molecule has 0 saturated heterocycles. The van der Waals surface area contributed by atoms with Crippen molar-refractivity contribution in [2.45, 2.75) is 38.5 Å². The Labute approximate surface area is 161 Å². The average Bonchev–Trinajstić information content (AvgIpc) is 2.78. The van der Waals surface area contributed by atoms with Crippen molar-refractivity contribution in [1.82, 2.24) is 0 Å². The zero-order valence-electron chi connectivity index (χ0n) is 16.8. The monoisotopic (exact) mass is 368 g/mol. The number of ether oxygens (including phenoxy) is 3. The molecule has 2 aromatic rings. The highest BCUT2D eigenvalue weighted by atomic mass is 16.5. The lowest BCUT2D eigenvalue weighted by atomic mass is 9.79. The first-order valence-corrected chi connectivity index (χ1v) is 9.33. The molecule has 1 atom stereocenters. The van der Waals surface area contributed by atoms with Gasteiger partial charge in [0.15, 0.2) is 5.78 Å². The lowest BCUT2D eigenvalue weighted by Crippen LogP contribution is -2.19. The summed E-state index contributed by atoms with van der Waals surface area (Å²) in [5.74, 6) is 2.24. The fourth-order valence-corrected chi connectivity index (χ4v) is 3.90. The molecule has 1 aliphatic carbocycles. The highest BCUT2D eigenvalue weighted by Gasteiger charge is 2.37. The zero-order valence-corrected chi connectivity index (χ0v) is 16.8. The minimum absolute atomic E-state index is 0.0683. The molecule has 4 nitrogen and oxygen atoms in total. The highest BCUT2D eigenvalue weighted by molar-refractivity contribution is 6.02. The van der Waals surface area contributed by atoms with Crippen LogP contribution in [0.5, 0.6) is 17.2 Å². The normalized spacial score (nSPS) is 18.4. The van der Waals surface area contributed by atoms with E-state index < -0.39 is 0 Å². The molecule has 0 N–H and O–H groups in total. The molecule has 2 aromatic carbocycles. The number of benzene rings is 2. The van der Waals surface area contributed by atoms with Gasteiger partial charge in [-0.1, -0.05) is 26.0 Å². The third-order valence-corrected chi connectivity index (χ3v) is 5.64. The van der Waals surface area contributed by atoms with Crippen LogP contribution in [-0.2, 0) is 11.8 Å². The summed E-state index contributed by atoms with van der Waals surface area (Å²) < 4.78 is 16.3. The topological polar surface area (TPSA) is 44.8 Å². The molecule has 0 fully saturated rings. The SMILES string of the molecule is COc1ccc(CC2CCC(C)(C)c3cc(OC)cc(OC)c3C2=O)cc1. The van der Waals surface area contributed by atoms with Gasteiger partial charge in [0.1, 0.15) is 17.2 Å². The van der Waals surface area contributed by atoms with Crippen LogP contribution in [0.2, 0.25) is 0 Å². The second-order valence-corrected chi connectivity index (χ2v) is 7.79. The number of fused-ring (bicyclic) bond motifs is 1. The van der Waals surface area contributed by atoms with Gasteiger partial charge in [0.05, 0.1) is 26.9 Å². The summed E-state index contributed by atoms with van der Waals surface area (Å²) in [7, 11) is 4.90. The smallest absolute Gasteiger partial charge is 0.170 e. The van der Waals surface area contributed by atoms with Crippen molar-refractivity contribution < 1.29 is 19.0 Å². The summed E-state index contributed by atoms with van der Waals surface area (Å²) >= 11 is 0. The van der Waals surface area contributed by atoms with Gasteiger partial charge in [0.25, 0.3) is 0 Å². The molecule has 1 unspecified atom stereocenters. The Morgan fingerprint density at radius 3 is 2.22 bits per heavy atom. The van der Waals surface area contributed by atoms with Crippen LogP contribution in [0.15, 0.2) is 36.4 Å². The van der Waals surface area contributed by atoms with E-state index in [2.05, 4.69) is 13.8 Å². The Hall–Kier alpha value is -2.49. The van der Waals surface area contributed by atoms with Gasteiger partial charge >= 0.3 is 0 Å². The lowest BCUT2D eigenvalue weighted by Gasteiger charge is -2.26. The van der Waals surface area contributed by atoms with Gasteiger partial charge in [0, 0.05) is 12.0 Å². The van der Waals surface area contributed by atoms with Gasteiger partial charge in [-0.05, 0) is 54.0 Å². The number of ketones is 1. The van der Waals surface area contributed by atoms with Crippen molar-refractivity contribution in [3.8, 4) is 17.2 Å². The molecular formula is C23H28O4. The van der Waals surface area contributed by atoms with Crippen LogP contribution in [0.1, 0.15) is 48.2 Å². The molecule has 0 radical (unpaired) electrons. The van der Waals surface area contributed by atoms with Gasteiger partial charge in [-0.15, -0.1) is 0 Å². The summed E-state index contributed by atoms with van der Waals surface area (Å²) in [6, 6.07) is 11.8. The van der Waals surface area contributed by atoms with Crippen LogP contribution in [0, 0.1) is 5.92 Å². The second-order valence-electron chi connectivity index (χ2n) is 7.79. The first-order chi connectivity index (χ1) is 12.9. The summed E-state index contributed by atoms with van der Waals surface area (Å²) in [4.78, 5) is 13.5. The molecule has 4 heteroatoms. The van der Waals surface area contributed by atoms with Gasteiger partial charge in [-0.3, -0.25) is 4.79 Å². The van der Waals surface area contributed by atoms with E-state index in [1.165, 1.54) is 0 Å². The molecule has 0 aliphatic heterocycles. The third kappa shape index (κ3) is 3.80. The van der Waals surface area contributed by atoms with Crippen molar-refractivity contribution in [2.24, 2.45) is 5.92 Å². The van der Waals surface area contributed by atoms with Gasteiger partial charge in [-0.25, -0.2) is 0 Å². The van der Waals surface area contributed by atoms with E-state index in [0.29, 0.717) is 17.7 Å². The number of rotatable bonds is 5. The Balaban J connectivity index is 2.00. The van der Waals surface area contributed by atoms with Crippen molar-refractivity contribution in [3.63, 3.8) is 0 Å². The summed E-state index contributed by atoms with van der Waals surface area (Å²) in [6.45, 7) is 4.38. The third-order valence-electron chi connectivity index (χ3n) is 5.64. The Kier molecular flexibility index (Phi) is 5.45. The Morgan fingerprint density at radius 2 is 1.63 bits per heavy atom. The van der Waals surface area contributed by atoms with Crippen molar-refractivity contribution in [3.05, 3.63) is 53.1 Å². The predicted molar refractivity (Wildman–Crippen MR) is 106 cm³/mol. The van der Waals surface area contributed by atoms with Crippen LogP contribution in [-0.4, -0.2) is 27.1 Å². The van der Waals surface area contributed by atoms with Crippen molar-refractivity contribution in [2.75, 3.05) is 21.3 Å². The molecule has 0 spiro atoms. The number of carbonyl (C=O) groups excluding carboxylic acids is 1. The molecule has 3 rings (SSSR count). The minimum atomic E-state index is -0.124. The largest absolute Gasteiger partial charge is 0.497 e. The average molecular weight is 368 g/mol. The number of hydrogen-bond donors (Lipinski definition) is 0. The molecule has 144 valence electrons. The summed E-state index contributed by atoms with van der Waals surface area (Å²) in [6.07, 6.45) is 2.49. The van der Waals surface area contributed by atoms with E-state index in [1.807, 2.05) is 36.4 Å². The number of methoxy groups -OCH3 is 3. The van der Waals surface area contributed by atoms with Crippen molar-refractivity contribution >= 4 is 5.78 Å². The maximum atomic E-state index is 13.5. The standard InChI is InChI=1S/C23H28O4/c1-23(2)11-10-16(12-15-6-8-17(25-3)9-7-15)22(24)21-19(23)13-18(26-4)14-20(21)27-5/h6-9,13-14,16H,10-12H2,1-5H3. The fraction of sp³-hybridized carbons (Fsp3) is 0.435. The van der Waals surface area contributed by atoms with E-state index in [1.54, 1.807) is 21.3 Å². The first kappa shape index (κ1) is 19.3. The molecule has 0 bridgehead atoms. The van der Waals surface area contributed by atoms with Crippen molar-refractivity contribution in [1.29, 1.82) is 0 Å². The van der Waals surface area contributed by atoms with E-state index in [0.717, 1.165) is 35.5 Å². The zero-order chi connectivity index (χ0) is 19.6. The van der Waals surface area contributed by atoms with Crippen LogP contribution < -0.4 is 14.2 Å². The van der Waals surface area contributed by atoms with Crippen LogP contribution in [0.25, 0.3) is 0 Å². The van der Waals surface area contributed by atoms with E-state index >= 15 is 0 Å². The van der Waals surface area contributed by atoms with E-state index in [9.17, 15) is 4.79 Å². The minimum Gasteiger partial charge on any atom is -0.497 e. The number of carbonyl (C=O) groups is 1. The predicted octanol–water partition coefficient (Wildman–Crippen LogP) is 4.83. The van der Waals surface area contributed by atoms with E-state index in [4.69, 9.17) is 14.2 Å². The lowest BCUT2D eigenvalue weighted by molar-refractivity contribution is 0.0911. The summed E-state index contributed by atoms with van der Waals surface area (Å²) in [5, 5.41) is 0. The molecule has 0 saturated carbocycles. The van der Waals surface area contributed by atoms with Crippen LogP contribution in [0.3, 0.4) is 0 Å². The maximum absolute atomic E-state index is 13.5. The Bertz CT molecular complexity index is 821. The van der Waals surface area contributed by atoms with Gasteiger partial charge in [-0.2, -0.15) is 0 Å². The van der Waals surface area contributed by atoms with E-state index in [-0.39, 0.29) is 17.1 Å². The molecule has 0 heterocycles. The molecular weight excluding hydrogens is 340 g/mol. The second kappa shape index (κ2) is 7.63. The first-order valence-electron chi connectivity index (χ1n) is 9.33. The molecule has 0 amide bonds. The number of Topliss-reactive ketones (excluding diaryl/α,β-unsaturated/α-hetero) is 1. The maximum Gasteiger partial charge on any atom is 0.170 e. The molecule has 0 aromatic heterocycles. The Morgan fingerprint density at radius 1 is 0.963 bits per heavy atom. The van der Waals surface area contributed by atoms with Crippen LogP contribution in [0.4, 0.5) is 0 Å². The van der Waals surface area contributed by atoms with Crippen LogP contribution >= 0.6 is 0 Å². The van der Waals surface area contributed by atoms with Gasteiger partial charge in [0.2, 0.25) is 0 Å². The summed E-state index contributed by atoms with van der Waals surface area (Å²) in [5.41, 5.74) is 2.74. The molecule has 27 heavy (non-hydrogen) atoms.